The van der Waals surface area contributed by atoms with E-state index in [1.807, 2.05) is 6.92 Å². The Hall–Kier alpha value is -0.120. The zero-order valence-electron chi connectivity index (χ0n) is 9.16. The van der Waals surface area contributed by atoms with Gasteiger partial charge in [-0.1, -0.05) is 13.8 Å². The summed E-state index contributed by atoms with van der Waals surface area (Å²) in [6.07, 6.45) is 0.464. The highest BCUT2D eigenvalue weighted by Gasteiger charge is 2.16. The minimum absolute atomic E-state index is 0.0737. The Kier molecular flexibility index (Phi) is 6.29. The van der Waals surface area contributed by atoms with Crippen LogP contribution in [0.4, 0.5) is 0 Å². The monoisotopic (exact) mass is 189 g/mol. The largest absolute Gasteiger partial charge is 0.391 e. The Morgan fingerprint density at radius 1 is 1.23 bits per heavy atom. The number of hydrogen-bond donors (Lipinski definition) is 2. The van der Waals surface area contributed by atoms with Gasteiger partial charge >= 0.3 is 0 Å². The number of rotatable bonds is 6. The predicted molar refractivity (Wildman–Crippen MR) is 54.5 cm³/mol. The van der Waals surface area contributed by atoms with Crippen LogP contribution in [0.3, 0.4) is 0 Å². The van der Waals surface area contributed by atoms with Crippen LogP contribution in [0.2, 0.25) is 0 Å². The zero-order valence-corrected chi connectivity index (χ0v) is 9.16. The average Bonchev–Trinajstić information content (AvgIpc) is 2.02. The van der Waals surface area contributed by atoms with Gasteiger partial charge in [0.2, 0.25) is 0 Å². The first kappa shape index (κ1) is 12.9. The molecular formula is C10H23NO2. The van der Waals surface area contributed by atoms with Crippen LogP contribution in [0.1, 0.15) is 34.1 Å². The van der Waals surface area contributed by atoms with Gasteiger partial charge in [0.25, 0.3) is 0 Å². The normalized spacial score (nSPS) is 18.7. The van der Waals surface area contributed by atoms with Crippen molar-refractivity contribution >= 4 is 0 Å². The molecule has 0 aliphatic rings. The van der Waals surface area contributed by atoms with Crippen molar-refractivity contribution in [1.82, 2.24) is 0 Å². The van der Waals surface area contributed by atoms with Gasteiger partial charge in [-0.05, 0) is 26.2 Å². The molecule has 3 atom stereocenters. The van der Waals surface area contributed by atoms with Crippen LogP contribution in [-0.2, 0) is 4.74 Å². The smallest absolute Gasteiger partial charge is 0.0807 e. The fourth-order valence-electron chi connectivity index (χ4n) is 1.15. The van der Waals surface area contributed by atoms with E-state index in [1.165, 1.54) is 0 Å². The van der Waals surface area contributed by atoms with Crippen molar-refractivity contribution < 1.29 is 9.84 Å². The topological polar surface area (TPSA) is 55.5 Å². The molecule has 0 aliphatic heterocycles. The molecule has 0 aromatic heterocycles. The summed E-state index contributed by atoms with van der Waals surface area (Å²) in [4.78, 5) is 0. The predicted octanol–water partition coefficient (Wildman–Crippen LogP) is 1.15. The quantitative estimate of drug-likeness (QED) is 0.659. The van der Waals surface area contributed by atoms with Gasteiger partial charge in [-0.2, -0.15) is 0 Å². The molecular weight excluding hydrogens is 166 g/mol. The molecule has 0 bridgehead atoms. The van der Waals surface area contributed by atoms with Crippen LogP contribution in [0, 0.1) is 5.92 Å². The second kappa shape index (κ2) is 6.35. The third-order valence-electron chi connectivity index (χ3n) is 2.08. The molecule has 0 saturated heterocycles. The van der Waals surface area contributed by atoms with Gasteiger partial charge < -0.3 is 15.6 Å². The number of aliphatic hydroxyl groups excluding tert-OH is 1. The van der Waals surface area contributed by atoms with E-state index < -0.39 is 6.10 Å². The van der Waals surface area contributed by atoms with Gasteiger partial charge in [0.1, 0.15) is 0 Å². The van der Waals surface area contributed by atoms with Gasteiger partial charge in [-0.25, -0.2) is 0 Å². The Labute approximate surface area is 81.3 Å². The van der Waals surface area contributed by atoms with Crippen LogP contribution in [0.5, 0.6) is 0 Å². The van der Waals surface area contributed by atoms with E-state index in [0.29, 0.717) is 12.5 Å². The Bertz CT molecular complexity index is 126. The summed E-state index contributed by atoms with van der Waals surface area (Å²) in [6.45, 7) is 8.40. The molecule has 0 radical (unpaired) electrons. The maximum atomic E-state index is 9.23. The first-order valence-corrected chi connectivity index (χ1v) is 5.01. The van der Waals surface area contributed by atoms with Crippen LogP contribution < -0.4 is 5.73 Å². The summed E-state index contributed by atoms with van der Waals surface area (Å²) in [5, 5.41) is 9.23. The molecule has 3 nitrogen and oxygen atoms in total. The number of nitrogens with two attached hydrogens (primary N) is 1. The van der Waals surface area contributed by atoms with Crippen molar-refractivity contribution in [3.8, 4) is 0 Å². The lowest BCUT2D eigenvalue weighted by Gasteiger charge is -2.24. The minimum atomic E-state index is -0.429. The molecule has 13 heavy (non-hydrogen) atoms. The fraction of sp³-hybridized carbons (Fsp3) is 1.00. The molecule has 3 unspecified atom stereocenters. The lowest BCUT2D eigenvalue weighted by atomic mass is 10.1. The van der Waals surface area contributed by atoms with Crippen LogP contribution in [0.15, 0.2) is 0 Å². The van der Waals surface area contributed by atoms with E-state index in [4.69, 9.17) is 10.5 Å². The summed E-state index contributed by atoms with van der Waals surface area (Å²) in [5.74, 6) is 0.578. The van der Waals surface area contributed by atoms with Crippen molar-refractivity contribution in [3.05, 3.63) is 0 Å². The molecule has 3 heteroatoms. The Morgan fingerprint density at radius 3 is 2.08 bits per heavy atom. The number of hydrogen-bond acceptors (Lipinski definition) is 3. The van der Waals surface area contributed by atoms with Crippen molar-refractivity contribution in [3.63, 3.8) is 0 Å². The third-order valence-corrected chi connectivity index (χ3v) is 2.08. The Morgan fingerprint density at radius 2 is 1.77 bits per heavy atom. The molecule has 0 fully saturated rings. The SMILES string of the molecule is CC(C)CC(CN)OC(C)C(C)O. The van der Waals surface area contributed by atoms with Crippen LogP contribution in [-0.4, -0.2) is 30.0 Å². The Balaban J connectivity index is 3.83. The molecule has 0 amide bonds. The third kappa shape index (κ3) is 6.02. The van der Waals surface area contributed by atoms with E-state index in [9.17, 15) is 5.11 Å². The second-order valence-corrected chi connectivity index (χ2v) is 4.07. The van der Waals surface area contributed by atoms with Crippen molar-refractivity contribution in [2.75, 3.05) is 6.54 Å². The highest BCUT2D eigenvalue weighted by molar-refractivity contribution is 4.66. The zero-order chi connectivity index (χ0) is 10.4. The molecule has 3 N–H and O–H groups in total. The summed E-state index contributed by atoms with van der Waals surface area (Å²) >= 11 is 0. The second-order valence-electron chi connectivity index (χ2n) is 4.07. The molecule has 0 heterocycles. The molecule has 0 aromatic carbocycles. The molecule has 0 rings (SSSR count). The highest BCUT2D eigenvalue weighted by atomic mass is 16.5. The van der Waals surface area contributed by atoms with Gasteiger partial charge in [-0.15, -0.1) is 0 Å². The fourth-order valence-corrected chi connectivity index (χ4v) is 1.15. The van der Waals surface area contributed by atoms with Crippen LogP contribution >= 0.6 is 0 Å². The first-order valence-electron chi connectivity index (χ1n) is 5.01. The van der Waals surface area contributed by atoms with Gasteiger partial charge in [0.15, 0.2) is 0 Å². The highest BCUT2D eigenvalue weighted by Crippen LogP contribution is 2.10. The van der Waals surface area contributed by atoms with E-state index >= 15 is 0 Å². The van der Waals surface area contributed by atoms with E-state index in [0.717, 1.165) is 6.42 Å². The number of aliphatic hydroxyl groups is 1. The first-order chi connectivity index (χ1) is 5.97. The van der Waals surface area contributed by atoms with Gasteiger partial charge in [-0.3, -0.25) is 0 Å². The lowest BCUT2D eigenvalue weighted by Crippen LogP contribution is -2.33. The lowest BCUT2D eigenvalue weighted by molar-refractivity contribution is -0.0635. The standard InChI is InChI=1S/C10H23NO2/c1-7(2)5-10(6-11)13-9(4)8(3)12/h7-10,12H,5-6,11H2,1-4H3. The van der Waals surface area contributed by atoms with E-state index in [1.54, 1.807) is 6.92 Å². The maximum Gasteiger partial charge on any atom is 0.0807 e. The van der Waals surface area contributed by atoms with Crippen LogP contribution in [0.25, 0.3) is 0 Å². The molecule has 0 spiro atoms. The van der Waals surface area contributed by atoms with Gasteiger partial charge in [0, 0.05) is 6.54 Å². The maximum absolute atomic E-state index is 9.23. The molecule has 0 aliphatic carbocycles. The summed E-state index contributed by atoms with van der Waals surface area (Å²) in [6, 6.07) is 0. The average molecular weight is 189 g/mol. The minimum Gasteiger partial charge on any atom is -0.391 e. The molecule has 0 aromatic rings. The van der Waals surface area contributed by atoms with Crippen molar-refractivity contribution in [2.24, 2.45) is 11.7 Å². The van der Waals surface area contributed by atoms with Crippen molar-refractivity contribution in [1.29, 1.82) is 0 Å². The van der Waals surface area contributed by atoms with E-state index in [2.05, 4.69) is 13.8 Å². The van der Waals surface area contributed by atoms with Gasteiger partial charge in [0.05, 0.1) is 18.3 Å². The summed E-state index contributed by atoms with van der Waals surface area (Å²) < 4.78 is 5.60. The molecule has 80 valence electrons. The number of ether oxygens (including phenoxy) is 1. The van der Waals surface area contributed by atoms with Crippen molar-refractivity contribution in [2.45, 2.75) is 52.4 Å². The summed E-state index contributed by atoms with van der Waals surface area (Å²) in [5.41, 5.74) is 5.56. The summed E-state index contributed by atoms with van der Waals surface area (Å²) in [7, 11) is 0. The van der Waals surface area contributed by atoms with E-state index in [-0.39, 0.29) is 12.2 Å². The molecule has 0 saturated carbocycles.